The molecule has 2 aliphatic rings. The van der Waals surface area contributed by atoms with E-state index in [4.69, 9.17) is 9.47 Å². The monoisotopic (exact) mass is 618 g/mol. The van der Waals surface area contributed by atoms with E-state index in [0.717, 1.165) is 0 Å². The molecule has 12 heteroatoms. The number of carbonyl (C=O) groups excluding carboxylic acids is 4. The van der Waals surface area contributed by atoms with Gasteiger partial charge in [0.15, 0.2) is 0 Å². The van der Waals surface area contributed by atoms with Crippen molar-refractivity contribution < 1.29 is 28.7 Å². The maximum atomic E-state index is 13.5. The molecule has 0 unspecified atom stereocenters. The van der Waals surface area contributed by atoms with Crippen LogP contribution in [-0.2, 0) is 0 Å². The minimum Gasteiger partial charge on any atom is -0.481 e. The van der Waals surface area contributed by atoms with Crippen LogP contribution in [0.1, 0.15) is 65.7 Å². The Labute approximate surface area is 264 Å². The van der Waals surface area contributed by atoms with Crippen LogP contribution in [0.4, 0.5) is 0 Å². The number of aromatic nitrogens is 2. The van der Waals surface area contributed by atoms with Crippen molar-refractivity contribution in [3.05, 3.63) is 94.3 Å². The molecule has 4 aromatic rings. The lowest BCUT2D eigenvalue weighted by Gasteiger charge is -2.31. The molecular weight excluding hydrogens is 588 g/mol. The summed E-state index contributed by atoms with van der Waals surface area (Å²) in [5.41, 5.74) is 2.41. The van der Waals surface area contributed by atoms with E-state index in [1.807, 2.05) is 12.1 Å². The number of ether oxygens (including phenoxy) is 2. The maximum absolute atomic E-state index is 13.5. The van der Waals surface area contributed by atoms with E-state index in [0.29, 0.717) is 59.9 Å². The number of nitrogens with zero attached hydrogens (tertiary/aromatic N) is 6. The van der Waals surface area contributed by atoms with Crippen LogP contribution < -0.4 is 9.47 Å². The molecule has 46 heavy (non-hydrogen) atoms. The summed E-state index contributed by atoms with van der Waals surface area (Å²) in [5, 5.41) is 0.695. The lowest BCUT2D eigenvalue weighted by Crippen LogP contribution is -2.44. The molecule has 0 radical (unpaired) electrons. The van der Waals surface area contributed by atoms with Crippen LogP contribution in [0.25, 0.3) is 10.8 Å². The Morgan fingerprint density at radius 2 is 0.957 bits per heavy atom. The van der Waals surface area contributed by atoms with Gasteiger partial charge in [-0.3, -0.25) is 39.0 Å². The van der Waals surface area contributed by atoms with Gasteiger partial charge in [0, 0.05) is 83.8 Å². The second-order valence-corrected chi connectivity index (χ2v) is 10.6. The Bertz CT molecular complexity index is 1730. The number of rotatable bonds is 12. The summed E-state index contributed by atoms with van der Waals surface area (Å²) in [5.74, 6) is -0.911. The molecule has 2 aromatic heterocycles. The highest BCUT2D eigenvalue weighted by Crippen LogP contribution is 2.37. The number of pyridine rings is 2. The molecule has 0 N–H and O–H groups in total. The quantitative estimate of drug-likeness (QED) is 0.132. The largest absolute Gasteiger partial charge is 0.481 e. The van der Waals surface area contributed by atoms with Gasteiger partial charge < -0.3 is 9.47 Å². The third-order valence-electron chi connectivity index (χ3n) is 7.76. The molecule has 0 spiro atoms. The molecule has 2 aliphatic heterocycles. The Hall–Kier alpha value is -5.78. The molecule has 232 valence electrons. The smallest absolute Gasteiger partial charge is 0.261 e. The average Bonchev–Trinajstić information content (AvgIpc) is 3.08. The van der Waals surface area contributed by atoms with Crippen molar-refractivity contribution in [2.75, 3.05) is 40.4 Å². The Morgan fingerprint density at radius 1 is 0.587 bits per heavy atom. The number of hydrogen-bond acceptors (Lipinski definition) is 10. The van der Waals surface area contributed by atoms with Crippen molar-refractivity contribution >= 4 is 46.8 Å². The number of amides is 4. The van der Waals surface area contributed by atoms with Crippen LogP contribution in [0.2, 0.25) is 0 Å². The zero-order valence-electron chi connectivity index (χ0n) is 25.3. The van der Waals surface area contributed by atoms with E-state index in [9.17, 15) is 19.2 Å². The number of benzene rings is 2. The molecule has 4 amide bonds. The Kier molecular flexibility index (Phi) is 8.59. The average molecular weight is 619 g/mol. The molecule has 12 nitrogen and oxygen atoms in total. The van der Waals surface area contributed by atoms with Gasteiger partial charge in [0.25, 0.3) is 23.6 Å². The molecule has 0 saturated heterocycles. The van der Waals surface area contributed by atoms with Gasteiger partial charge in [0.2, 0.25) is 11.8 Å². The molecule has 0 aliphatic carbocycles. The highest BCUT2D eigenvalue weighted by molar-refractivity contribution is 6.33. The van der Waals surface area contributed by atoms with Gasteiger partial charge in [-0.25, -0.2) is 9.97 Å². The molecule has 4 heterocycles. The van der Waals surface area contributed by atoms with Crippen LogP contribution >= 0.6 is 0 Å². The van der Waals surface area contributed by atoms with Gasteiger partial charge in [-0.2, -0.15) is 0 Å². The third-order valence-corrected chi connectivity index (χ3v) is 7.76. The number of hydrogen-bond donors (Lipinski definition) is 0. The van der Waals surface area contributed by atoms with Gasteiger partial charge in [0.1, 0.15) is 0 Å². The van der Waals surface area contributed by atoms with Gasteiger partial charge in [0.05, 0.1) is 25.6 Å². The highest BCUT2D eigenvalue weighted by atomic mass is 16.5. The summed E-state index contributed by atoms with van der Waals surface area (Å²) in [7, 11) is 3.07. The Balaban J connectivity index is 1.14. The van der Waals surface area contributed by atoms with Crippen molar-refractivity contribution in [1.29, 1.82) is 0 Å². The number of imide groups is 2. The zero-order chi connectivity index (χ0) is 32.2. The third kappa shape index (κ3) is 5.72. The SMILES string of the molecule is COc1cccc(C=NCCCN2C(=O)c3ccc4c5c(ccc(c35)C2=O)C(=O)N(CCCN=Cc2cccc(OC)n2)C4=O)n1. The van der Waals surface area contributed by atoms with Crippen LogP contribution in [0.5, 0.6) is 11.8 Å². The Morgan fingerprint density at radius 3 is 1.30 bits per heavy atom. The number of methoxy groups -OCH3 is 2. The lowest BCUT2D eigenvalue weighted by molar-refractivity contribution is 0.0588. The second-order valence-electron chi connectivity index (χ2n) is 10.6. The first-order valence-electron chi connectivity index (χ1n) is 14.7. The summed E-state index contributed by atoms with van der Waals surface area (Å²) in [6.07, 6.45) is 4.12. The minimum atomic E-state index is -0.467. The van der Waals surface area contributed by atoms with E-state index >= 15 is 0 Å². The van der Waals surface area contributed by atoms with Gasteiger partial charge >= 0.3 is 0 Å². The summed E-state index contributed by atoms with van der Waals surface area (Å²) < 4.78 is 10.2. The van der Waals surface area contributed by atoms with E-state index in [1.165, 1.54) is 24.0 Å². The summed E-state index contributed by atoms with van der Waals surface area (Å²) in [6, 6.07) is 17.0. The van der Waals surface area contributed by atoms with E-state index < -0.39 is 23.6 Å². The first-order chi connectivity index (χ1) is 22.4. The molecule has 2 aromatic carbocycles. The van der Waals surface area contributed by atoms with Crippen LogP contribution in [0.15, 0.2) is 70.6 Å². The topological polar surface area (TPSA) is 144 Å². The first kappa shape index (κ1) is 30.3. The van der Waals surface area contributed by atoms with Crippen molar-refractivity contribution in [2.45, 2.75) is 12.8 Å². The standard InChI is InChI=1S/C34H30N6O6/c1-45-27-9-3-7-21(37-27)19-35-15-5-17-39-31(41)23-11-13-25-30-26(14-12-24(29(23)30)32(39)42)34(44)40(33(25)43)18-6-16-36-20-22-8-4-10-28(38-22)46-2/h3-4,7-14,19-20H,5-6,15-18H2,1-2H3. The first-order valence-corrected chi connectivity index (χ1v) is 14.7. The number of aliphatic imine (C=N–C) groups is 2. The fourth-order valence-electron chi connectivity index (χ4n) is 5.57. The fraction of sp³-hybridized carbons (Fsp3) is 0.235. The van der Waals surface area contributed by atoms with Crippen LogP contribution in [0, 0.1) is 0 Å². The maximum Gasteiger partial charge on any atom is 0.261 e. The number of carbonyl (C=O) groups is 4. The molecular formula is C34H30N6O6. The van der Waals surface area contributed by atoms with Crippen molar-refractivity contribution in [3.63, 3.8) is 0 Å². The normalized spacial score (nSPS) is 14.3. The van der Waals surface area contributed by atoms with Crippen molar-refractivity contribution in [2.24, 2.45) is 9.98 Å². The molecule has 0 saturated carbocycles. The summed E-state index contributed by atoms with van der Waals surface area (Å²) >= 11 is 0. The minimum absolute atomic E-state index is 0.160. The summed E-state index contributed by atoms with van der Waals surface area (Å²) in [6.45, 7) is 1.07. The highest BCUT2D eigenvalue weighted by Gasteiger charge is 2.39. The lowest BCUT2D eigenvalue weighted by atomic mass is 9.86. The van der Waals surface area contributed by atoms with E-state index in [2.05, 4.69) is 20.0 Å². The van der Waals surface area contributed by atoms with Crippen molar-refractivity contribution in [3.8, 4) is 11.8 Å². The van der Waals surface area contributed by atoms with Crippen molar-refractivity contribution in [1.82, 2.24) is 19.8 Å². The molecule has 0 bridgehead atoms. The van der Waals surface area contributed by atoms with Crippen LogP contribution in [0.3, 0.4) is 0 Å². The molecule has 6 rings (SSSR count). The second kappa shape index (κ2) is 13.1. The molecule has 0 atom stereocenters. The van der Waals surface area contributed by atoms with Gasteiger partial charge in [-0.1, -0.05) is 12.1 Å². The zero-order valence-corrected chi connectivity index (χ0v) is 25.3. The van der Waals surface area contributed by atoms with E-state index in [-0.39, 0.29) is 35.3 Å². The predicted octanol–water partition coefficient (Wildman–Crippen LogP) is 3.86. The predicted molar refractivity (Wildman–Crippen MR) is 170 cm³/mol. The fourth-order valence-corrected chi connectivity index (χ4v) is 5.57. The van der Waals surface area contributed by atoms with Crippen LogP contribution in [-0.4, -0.2) is 96.2 Å². The van der Waals surface area contributed by atoms with E-state index in [1.54, 1.807) is 61.0 Å². The van der Waals surface area contributed by atoms with Gasteiger partial charge in [-0.15, -0.1) is 0 Å². The van der Waals surface area contributed by atoms with Gasteiger partial charge in [-0.05, 0) is 49.2 Å². The molecule has 0 fully saturated rings. The summed E-state index contributed by atoms with van der Waals surface area (Å²) in [4.78, 5) is 73.7.